The van der Waals surface area contributed by atoms with Crippen molar-refractivity contribution >= 4 is 75.4 Å². The number of rotatable bonds is 2. The van der Waals surface area contributed by atoms with Gasteiger partial charge in [0.15, 0.2) is 0 Å². The van der Waals surface area contributed by atoms with Crippen LogP contribution in [-0.2, 0) is 5.41 Å². The van der Waals surface area contributed by atoms with Crippen LogP contribution < -0.4 is 0 Å². The molecule has 0 fully saturated rings. The summed E-state index contributed by atoms with van der Waals surface area (Å²) in [4.78, 5) is 0. The molecule has 2 aliphatic carbocycles. The first-order valence-electron chi connectivity index (χ1n) is 21.5. The molecule has 0 amide bonds. The van der Waals surface area contributed by atoms with E-state index in [2.05, 4.69) is 206 Å². The molecule has 0 N–H and O–H groups in total. The summed E-state index contributed by atoms with van der Waals surface area (Å²) in [5, 5.41) is 18.4. The van der Waals surface area contributed by atoms with E-state index in [0.717, 1.165) is 0 Å². The lowest BCUT2D eigenvalue weighted by Crippen LogP contribution is -2.26. The molecule has 1 spiro atoms. The Hall–Kier alpha value is -7.80. The first kappa shape index (κ1) is 32.1. The van der Waals surface area contributed by atoms with Crippen LogP contribution in [0.15, 0.2) is 206 Å². The second-order valence-electron chi connectivity index (χ2n) is 17.5. The van der Waals surface area contributed by atoms with Crippen molar-refractivity contribution in [3.8, 4) is 44.5 Å². The summed E-state index contributed by atoms with van der Waals surface area (Å²) in [5.74, 6) is 0. The monoisotopic (exact) mass is 766 g/mol. The maximum Gasteiger partial charge on any atom is 0.0731 e. The average molecular weight is 767 g/mol. The summed E-state index contributed by atoms with van der Waals surface area (Å²) < 4.78 is 0. The Morgan fingerprint density at radius 1 is 0.230 bits per heavy atom. The van der Waals surface area contributed by atoms with E-state index >= 15 is 0 Å². The molecular weight excluding hydrogens is 733 g/mol. The van der Waals surface area contributed by atoms with E-state index in [4.69, 9.17) is 0 Å². The molecule has 0 saturated heterocycles. The first-order chi connectivity index (χ1) is 30.2. The smallest absolute Gasteiger partial charge is 0.0619 e. The van der Waals surface area contributed by atoms with Crippen molar-refractivity contribution in [1.29, 1.82) is 0 Å². The van der Waals surface area contributed by atoms with E-state index in [0.29, 0.717) is 0 Å². The predicted octanol–water partition coefficient (Wildman–Crippen LogP) is 16.3. The van der Waals surface area contributed by atoms with Crippen LogP contribution >= 0.6 is 0 Å². The zero-order valence-electron chi connectivity index (χ0n) is 33.1. The van der Waals surface area contributed by atoms with E-state index in [9.17, 15) is 0 Å². The van der Waals surface area contributed by atoms with Gasteiger partial charge in [0.2, 0.25) is 0 Å². The standard InChI is InChI=1S/C61H34/c1-3-16-53-48(12-1)49-13-2-4-17-54(49)61(53)55-34-39(44-30-40-22-18-35-8-5-9-36-19-23-41(31-44)58(40)56(35)36)26-27-50(55)52-29-28-47-46(14-7-15-51(47)60(52)61)45-32-42-24-20-37-10-6-11-38-21-25-43(33-45)59(42)57(37)38/h1-34H. The minimum absolute atomic E-state index is 0.491. The topological polar surface area (TPSA) is 0 Å². The fourth-order valence-electron chi connectivity index (χ4n) is 12.3. The fourth-order valence-corrected chi connectivity index (χ4v) is 12.3. The molecule has 0 saturated carbocycles. The normalized spacial score (nSPS) is 13.7. The Morgan fingerprint density at radius 3 is 1.25 bits per heavy atom. The second-order valence-corrected chi connectivity index (χ2v) is 17.5. The number of hydrogen-bond acceptors (Lipinski definition) is 0. The van der Waals surface area contributed by atoms with E-state index in [-0.39, 0.29) is 0 Å². The highest BCUT2D eigenvalue weighted by Crippen LogP contribution is 2.64. The summed E-state index contributed by atoms with van der Waals surface area (Å²) in [6, 6.07) is 78.9. The van der Waals surface area contributed by atoms with Crippen molar-refractivity contribution in [3.05, 3.63) is 229 Å². The third kappa shape index (κ3) is 3.96. The van der Waals surface area contributed by atoms with Crippen molar-refractivity contribution in [2.45, 2.75) is 5.41 Å². The average Bonchev–Trinajstić information content (AvgIpc) is 3.79. The molecule has 0 unspecified atom stereocenters. The Balaban J connectivity index is 1.00. The van der Waals surface area contributed by atoms with Gasteiger partial charge < -0.3 is 0 Å². The van der Waals surface area contributed by atoms with Gasteiger partial charge in [-0.25, -0.2) is 0 Å². The van der Waals surface area contributed by atoms with Crippen molar-refractivity contribution in [2.24, 2.45) is 0 Å². The lowest BCUT2D eigenvalue weighted by molar-refractivity contribution is 0.801. The predicted molar refractivity (Wildman–Crippen MR) is 259 cm³/mol. The maximum absolute atomic E-state index is 2.54. The van der Waals surface area contributed by atoms with Crippen LogP contribution in [-0.4, -0.2) is 0 Å². The van der Waals surface area contributed by atoms with Crippen LogP contribution in [0.3, 0.4) is 0 Å². The van der Waals surface area contributed by atoms with Gasteiger partial charge in [0, 0.05) is 0 Å². The largest absolute Gasteiger partial charge is 0.0731 e. The van der Waals surface area contributed by atoms with Crippen molar-refractivity contribution in [1.82, 2.24) is 0 Å². The molecule has 0 radical (unpaired) electrons. The number of benzene rings is 13. The zero-order chi connectivity index (χ0) is 39.6. The lowest BCUT2D eigenvalue weighted by Gasteiger charge is -2.32. The summed E-state index contributed by atoms with van der Waals surface area (Å²) in [5.41, 5.74) is 15.3. The molecule has 61 heavy (non-hydrogen) atoms. The van der Waals surface area contributed by atoms with Crippen LogP contribution in [0.25, 0.3) is 120 Å². The Bertz CT molecular complexity index is 3880. The molecule has 0 aromatic heterocycles. The Labute approximate surface area is 352 Å². The van der Waals surface area contributed by atoms with Crippen LogP contribution in [0, 0.1) is 0 Å². The van der Waals surface area contributed by atoms with E-state index in [1.807, 2.05) is 0 Å². The highest BCUT2D eigenvalue weighted by molar-refractivity contribution is 6.25. The molecule has 2 aliphatic rings. The molecule has 0 nitrogen and oxygen atoms in total. The number of hydrogen-bond donors (Lipinski definition) is 0. The summed E-state index contributed by atoms with van der Waals surface area (Å²) in [6.45, 7) is 0. The highest BCUT2D eigenvalue weighted by Gasteiger charge is 2.52. The zero-order valence-corrected chi connectivity index (χ0v) is 33.1. The van der Waals surface area contributed by atoms with Crippen LogP contribution in [0.1, 0.15) is 22.3 Å². The van der Waals surface area contributed by atoms with Crippen LogP contribution in [0.5, 0.6) is 0 Å². The van der Waals surface area contributed by atoms with Crippen molar-refractivity contribution < 1.29 is 0 Å². The molecule has 278 valence electrons. The summed E-state index contributed by atoms with van der Waals surface area (Å²) >= 11 is 0. The Kier molecular flexibility index (Phi) is 5.93. The van der Waals surface area contributed by atoms with Crippen molar-refractivity contribution in [3.63, 3.8) is 0 Å². The Morgan fingerprint density at radius 2 is 0.672 bits per heavy atom. The SMILES string of the molecule is c1ccc2c(c1)-c1ccccc1C21c2cc(-c3cc4ccc5cccc6ccc(c3)c4c56)ccc2-c2ccc3c(-c4cc5ccc6cccc7ccc(c4)c5c67)cccc3c21. The molecule has 13 aromatic carbocycles. The van der Waals surface area contributed by atoms with E-state index in [1.165, 1.54) is 142 Å². The second kappa shape index (κ2) is 11.3. The fraction of sp³-hybridized carbons (Fsp3) is 0.0164. The number of fused-ring (bicyclic) bond motifs is 12. The van der Waals surface area contributed by atoms with Gasteiger partial charge in [0.05, 0.1) is 5.41 Å². The molecule has 15 rings (SSSR count). The molecule has 13 aromatic rings. The minimum Gasteiger partial charge on any atom is -0.0619 e. The highest BCUT2D eigenvalue weighted by atomic mass is 14.5. The maximum atomic E-state index is 2.54. The van der Waals surface area contributed by atoms with Gasteiger partial charge in [-0.15, -0.1) is 0 Å². The van der Waals surface area contributed by atoms with E-state index < -0.39 is 5.41 Å². The summed E-state index contributed by atoms with van der Waals surface area (Å²) in [7, 11) is 0. The van der Waals surface area contributed by atoms with Gasteiger partial charge in [0.1, 0.15) is 0 Å². The first-order valence-corrected chi connectivity index (χ1v) is 21.5. The molecular formula is C61H34. The minimum atomic E-state index is -0.491. The molecule has 0 heterocycles. The molecule has 0 heteroatoms. The van der Waals surface area contributed by atoms with E-state index in [1.54, 1.807) is 0 Å². The van der Waals surface area contributed by atoms with Crippen LogP contribution in [0.2, 0.25) is 0 Å². The van der Waals surface area contributed by atoms with Crippen LogP contribution in [0.4, 0.5) is 0 Å². The van der Waals surface area contributed by atoms with Gasteiger partial charge in [-0.1, -0.05) is 176 Å². The molecule has 0 bridgehead atoms. The summed E-state index contributed by atoms with van der Waals surface area (Å²) in [6.07, 6.45) is 0. The third-order valence-electron chi connectivity index (χ3n) is 14.7. The van der Waals surface area contributed by atoms with Gasteiger partial charge in [0.25, 0.3) is 0 Å². The third-order valence-corrected chi connectivity index (χ3v) is 14.7. The van der Waals surface area contributed by atoms with Gasteiger partial charge >= 0.3 is 0 Å². The molecule has 0 aliphatic heterocycles. The van der Waals surface area contributed by atoms with Gasteiger partial charge in [-0.2, -0.15) is 0 Å². The van der Waals surface area contributed by atoms with Crippen molar-refractivity contribution in [2.75, 3.05) is 0 Å². The lowest BCUT2D eigenvalue weighted by atomic mass is 9.69. The quantitative estimate of drug-likeness (QED) is 0.154. The molecule has 0 atom stereocenters. The van der Waals surface area contributed by atoms with Gasteiger partial charge in [-0.05, 0) is 173 Å². The van der Waals surface area contributed by atoms with Gasteiger partial charge in [-0.3, -0.25) is 0 Å².